The van der Waals surface area contributed by atoms with Crippen LogP contribution in [0.15, 0.2) is 48.5 Å². The van der Waals surface area contributed by atoms with Crippen LogP contribution in [0.5, 0.6) is 5.75 Å². The smallest absolute Gasteiger partial charge is 0.341 e. The number of aliphatic carboxylic acids is 1. The minimum absolute atomic E-state index is 0.00311. The second-order valence-electron chi connectivity index (χ2n) is 7.51. The molecular weight excluding hydrogens is 370 g/mol. The molecule has 29 heavy (non-hydrogen) atoms. The summed E-state index contributed by atoms with van der Waals surface area (Å²) in [6, 6.07) is 15.1. The van der Waals surface area contributed by atoms with Gasteiger partial charge in [0.05, 0.1) is 11.5 Å². The molecule has 1 amide bonds. The summed E-state index contributed by atoms with van der Waals surface area (Å²) >= 11 is 0. The predicted octanol–water partition coefficient (Wildman–Crippen LogP) is 3.38. The summed E-state index contributed by atoms with van der Waals surface area (Å²) in [6.07, 6.45) is 1.30. The van der Waals surface area contributed by atoms with E-state index in [1.165, 1.54) is 0 Å². The van der Waals surface area contributed by atoms with Gasteiger partial charge in [0.2, 0.25) is 5.91 Å². The van der Waals surface area contributed by atoms with E-state index in [1.54, 1.807) is 12.1 Å². The lowest BCUT2D eigenvalue weighted by atomic mass is 9.73. The van der Waals surface area contributed by atoms with Gasteiger partial charge in [-0.3, -0.25) is 4.79 Å². The highest BCUT2D eigenvalue weighted by Crippen LogP contribution is 2.36. The summed E-state index contributed by atoms with van der Waals surface area (Å²) in [5.74, 6) is -0.536. The Morgan fingerprint density at radius 3 is 2.31 bits per heavy atom. The molecule has 1 aliphatic rings. The van der Waals surface area contributed by atoms with E-state index in [9.17, 15) is 9.59 Å². The van der Waals surface area contributed by atoms with Crippen molar-refractivity contribution in [2.75, 3.05) is 19.8 Å². The molecule has 2 N–H and O–H groups in total. The van der Waals surface area contributed by atoms with Gasteiger partial charge in [0.1, 0.15) is 5.75 Å². The quantitative estimate of drug-likeness (QED) is 0.748. The van der Waals surface area contributed by atoms with Crippen LogP contribution in [-0.2, 0) is 19.7 Å². The highest BCUT2D eigenvalue weighted by atomic mass is 16.5. The van der Waals surface area contributed by atoms with Crippen LogP contribution in [0.25, 0.3) is 0 Å². The van der Waals surface area contributed by atoms with Crippen LogP contribution in [0, 0.1) is 6.92 Å². The van der Waals surface area contributed by atoms with Gasteiger partial charge < -0.3 is 19.9 Å². The van der Waals surface area contributed by atoms with Crippen molar-refractivity contribution in [2.45, 2.75) is 38.1 Å². The molecule has 1 unspecified atom stereocenters. The molecule has 0 saturated carbocycles. The number of aryl methyl sites for hydroxylation is 1. The highest BCUT2D eigenvalue weighted by Gasteiger charge is 2.42. The number of carboxylic acid groups (broad SMARTS) is 1. The molecule has 1 aliphatic heterocycles. The normalized spacial score (nSPS) is 16.6. The lowest BCUT2D eigenvalue weighted by Gasteiger charge is -2.37. The molecular formula is C23H27NO5. The fourth-order valence-corrected chi connectivity index (χ4v) is 3.66. The van der Waals surface area contributed by atoms with Crippen molar-refractivity contribution >= 4 is 11.9 Å². The average Bonchev–Trinajstić information content (AvgIpc) is 2.73. The molecule has 2 aromatic rings. The Morgan fingerprint density at radius 1 is 1.10 bits per heavy atom. The minimum Gasteiger partial charge on any atom is -0.482 e. The van der Waals surface area contributed by atoms with E-state index in [2.05, 4.69) is 5.32 Å². The van der Waals surface area contributed by atoms with E-state index < -0.39 is 11.4 Å². The maximum absolute atomic E-state index is 13.4. The summed E-state index contributed by atoms with van der Waals surface area (Å²) in [7, 11) is 0. The molecule has 0 aliphatic carbocycles. The molecule has 3 rings (SSSR count). The zero-order valence-electron chi connectivity index (χ0n) is 16.8. The molecule has 6 heteroatoms. The molecule has 6 nitrogen and oxygen atoms in total. The van der Waals surface area contributed by atoms with E-state index in [0.29, 0.717) is 31.8 Å². The molecule has 1 saturated heterocycles. The summed E-state index contributed by atoms with van der Waals surface area (Å²) in [6.45, 7) is 4.71. The molecule has 0 radical (unpaired) electrons. The van der Waals surface area contributed by atoms with Gasteiger partial charge in [0, 0.05) is 13.2 Å². The van der Waals surface area contributed by atoms with Gasteiger partial charge >= 0.3 is 5.97 Å². The molecule has 1 heterocycles. The van der Waals surface area contributed by atoms with Crippen LogP contribution in [-0.4, -0.2) is 36.8 Å². The monoisotopic (exact) mass is 397 g/mol. The Kier molecular flexibility index (Phi) is 6.54. The number of carboxylic acids is 1. The third-order valence-corrected chi connectivity index (χ3v) is 5.48. The number of nitrogens with one attached hydrogen (secondary N) is 1. The number of amides is 1. The SMILES string of the molecule is Cc1ccc(C2(C(=O)NC(C)c3ccc(OCC(=O)O)cc3)CCOCC2)cc1. The van der Waals surface area contributed by atoms with Gasteiger partial charge in [0.15, 0.2) is 6.61 Å². The summed E-state index contributed by atoms with van der Waals surface area (Å²) in [5.41, 5.74) is 2.51. The number of carbonyl (C=O) groups is 2. The molecule has 0 bridgehead atoms. The van der Waals surface area contributed by atoms with Crippen LogP contribution in [0.1, 0.15) is 42.5 Å². The first kappa shape index (κ1) is 20.9. The summed E-state index contributed by atoms with van der Waals surface area (Å²) in [5, 5.41) is 11.9. The second-order valence-corrected chi connectivity index (χ2v) is 7.51. The fourth-order valence-electron chi connectivity index (χ4n) is 3.66. The predicted molar refractivity (Wildman–Crippen MR) is 109 cm³/mol. The Bertz CT molecular complexity index is 839. The number of hydrogen-bond acceptors (Lipinski definition) is 4. The maximum Gasteiger partial charge on any atom is 0.341 e. The molecule has 1 atom stereocenters. The lowest BCUT2D eigenvalue weighted by molar-refractivity contribution is -0.139. The Balaban J connectivity index is 1.73. The molecule has 0 spiro atoms. The van der Waals surface area contributed by atoms with Crippen molar-refractivity contribution in [1.29, 1.82) is 0 Å². The van der Waals surface area contributed by atoms with Crippen LogP contribution in [0.3, 0.4) is 0 Å². The zero-order chi connectivity index (χ0) is 20.9. The van der Waals surface area contributed by atoms with E-state index in [0.717, 1.165) is 16.7 Å². The number of rotatable bonds is 7. The fraction of sp³-hybridized carbons (Fsp3) is 0.391. The van der Waals surface area contributed by atoms with E-state index in [1.807, 2.05) is 50.2 Å². The van der Waals surface area contributed by atoms with Crippen molar-refractivity contribution in [3.8, 4) is 5.75 Å². The number of hydrogen-bond donors (Lipinski definition) is 2. The highest BCUT2D eigenvalue weighted by molar-refractivity contribution is 5.88. The Labute approximate surface area is 170 Å². The van der Waals surface area contributed by atoms with E-state index in [4.69, 9.17) is 14.6 Å². The van der Waals surface area contributed by atoms with Gasteiger partial charge in [-0.15, -0.1) is 0 Å². The standard InChI is InChI=1S/C23H27NO5/c1-16-3-7-19(8-4-16)23(11-13-28-14-12-23)22(27)24-17(2)18-5-9-20(10-6-18)29-15-21(25)26/h3-10,17H,11-15H2,1-2H3,(H,24,27)(H,25,26). The largest absolute Gasteiger partial charge is 0.482 e. The van der Waals surface area contributed by atoms with Gasteiger partial charge in [-0.2, -0.15) is 0 Å². The van der Waals surface area contributed by atoms with Crippen LogP contribution in [0.4, 0.5) is 0 Å². The van der Waals surface area contributed by atoms with Crippen molar-refractivity contribution in [2.24, 2.45) is 0 Å². The lowest BCUT2D eigenvalue weighted by Crippen LogP contribution is -2.48. The van der Waals surface area contributed by atoms with Crippen molar-refractivity contribution in [3.05, 3.63) is 65.2 Å². The maximum atomic E-state index is 13.4. The number of ether oxygens (including phenoxy) is 2. The first-order valence-corrected chi connectivity index (χ1v) is 9.81. The van der Waals surface area contributed by atoms with Crippen LogP contribution < -0.4 is 10.1 Å². The first-order chi connectivity index (χ1) is 13.9. The van der Waals surface area contributed by atoms with Gasteiger partial charge in [-0.25, -0.2) is 4.79 Å². The van der Waals surface area contributed by atoms with Crippen molar-refractivity contribution in [3.63, 3.8) is 0 Å². The third-order valence-electron chi connectivity index (χ3n) is 5.48. The van der Waals surface area contributed by atoms with Crippen molar-refractivity contribution in [1.82, 2.24) is 5.32 Å². The van der Waals surface area contributed by atoms with E-state index in [-0.39, 0.29) is 18.6 Å². The molecule has 2 aromatic carbocycles. The van der Waals surface area contributed by atoms with Gasteiger partial charge in [-0.1, -0.05) is 42.0 Å². The second kappa shape index (κ2) is 9.09. The first-order valence-electron chi connectivity index (χ1n) is 9.81. The number of benzene rings is 2. The topological polar surface area (TPSA) is 84.9 Å². The van der Waals surface area contributed by atoms with Crippen molar-refractivity contribution < 1.29 is 24.2 Å². The molecule has 1 fully saturated rings. The van der Waals surface area contributed by atoms with Gasteiger partial charge in [-0.05, 0) is 49.9 Å². The summed E-state index contributed by atoms with van der Waals surface area (Å²) in [4.78, 5) is 24.0. The van der Waals surface area contributed by atoms with Crippen LogP contribution in [0.2, 0.25) is 0 Å². The Morgan fingerprint density at radius 2 is 1.72 bits per heavy atom. The zero-order valence-corrected chi connectivity index (χ0v) is 16.8. The third kappa shape index (κ3) is 4.95. The molecule has 0 aromatic heterocycles. The average molecular weight is 397 g/mol. The molecule has 154 valence electrons. The Hall–Kier alpha value is -2.86. The minimum atomic E-state index is -1.02. The summed E-state index contributed by atoms with van der Waals surface area (Å²) < 4.78 is 10.7. The van der Waals surface area contributed by atoms with Crippen LogP contribution >= 0.6 is 0 Å². The van der Waals surface area contributed by atoms with Gasteiger partial charge in [0.25, 0.3) is 0 Å². The van der Waals surface area contributed by atoms with E-state index >= 15 is 0 Å². The number of carbonyl (C=O) groups excluding carboxylic acids is 1.